The van der Waals surface area contributed by atoms with Crippen LogP contribution in [0.1, 0.15) is 30.6 Å². The Balaban J connectivity index is 1.90. The molecule has 3 aromatic rings. The maximum atomic E-state index is 12.7. The molecule has 0 saturated carbocycles. The number of esters is 2. The van der Waals surface area contributed by atoms with Gasteiger partial charge >= 0.3 is 11.9 Å². The Hall–Kier alpha value is -3.34. The van der Waals surface area contributed by atoms with Crippen molar-refractivity contribution < 1.29 is 23.5 Å². The van der Waals surface area contributed by atoms with E-state index in [9.17, 15) is 9.59 Å². The zero-order chi connectivity index (χ0) is 18.8. The van der Waals surface area contributed by atoms with Crippen LogP contribution in [0.2, 0.25) is 0 Å². The van der Waals surface area contributed by atoms with Gasteiger partial charge in [-0.2, -0.15) is 0 Å². The third-order valence-corrected chi connectivity index (χ3v) is 4.61. The fourth-order valence-electron chi connectivity index (χ4n) is 3.47. The van der Waals surface area contributed by atoms with Crippen LogP contribution in [0.4, 0.5) is 0 Å². The molecule has 1 aliphatic heterocycles. The molecule has 2 aromatic carbocycles. The molecule has 0 N–H and O–H groups in total. The van der Waals surface area contributed by atoms with Gasteiger partial charge in [-0.1, -0.05) is 30.3 Å². The molecule has 1 aromatic heterocycles. The first kappa shape index (κ1) is 17.1. The van der Waals surface area contributed by atoms with Crippen LogP contribution in [0.25, 0.3) is 16.8 Å². The lowest BCUT2D eigenvalue weighted by atomic mass is 9.82. The van der Waals surface area contributed by atoms with Gasteiger partial charge < -0.3 is 13.9 Å². The van der Waals surface area contributed by atoms with E-state index in [1.54, 1.807) is 31.2 Å². The van der Waals surface area contributed by atoms with Crippen LogP contribution >= 0.6 is 0 Å². The minimum absolute atomic E-state index is 0.0521. The van der Waals surface area contributed by atoms with Gasteiger partial charge in [-0.25, -0.2) is 4.79 Å². The number of fused-ring (bicyclic) bond motifs is 3. The monoisotopic (exact) mass is 362 g/mol. The highest BCUT2D eigenvalue weighted by Gasteiger charge is 2.35. The Morgan fingerprint density at radius 2 is 2.00 bits per heavy atom. The standard InChI is InChI=1S/C22H18O5/c1-2-25-20(23)13-17-18(12-15-7-5-11-26-15)22(24)27-19-10-9-14-6-3-4-8-16(14)21(17)19/h3-12,17H,2,13H2,1H3/b18-12+/t17-/m1/s1. The smallest absolute Gasteiger partial charge is 0.340 e. The van der Waals surface area contributed by atoms with Crippen LogP contribution in [0.15, 0.2) is 64.8 Å². The lowest BCUT2D eigenvalue weighted by Gasteiger charge is -2.27. The summed E-state index contributed by atoms with van der Waals surface area (Å²) in [4.78, 5) is 25.0. The Morgan fingerprint density at radius 3 is 2.78 bits per heavy atom. The van der Waals surface area contributed by atoms with E-state index >= 15 is 0 Å². The van der Waals surface area contributed by atoms with E-state index in [0.29, 0.717) is 17.1 Å². The zero-order valence-corrected chi connectivity index (χ0v) is 14.8. The van der Waals surface area contributed by atoms with Gasteiger partial charge in [0.25, 0.3) is 0 Å². The maximum absolute atomic E-state index is 12.7. The number of rotatable bonds is 4. The van der Waals surface area contributed by atoms with E-state index in [-0.39, 0.29) is 19.0 Å². The largest absolute Gasteiger partial charge is 0.466 e. The van der Waals surface area contributed by atoms with E-state index in [2.05, 4.69) is 0 Å². The first-order valence-electron chi connectivity index (χ1n) is 8.82. The summed E-state index contributed by atoms with van der Waals surface area (Å²) in [6.45, 7) is 2.05. The second-order valence-electron chi connectivity index (χ2n) is 6.26. The predicted molar refractivity (Wildman–Crippen MR) is 100 cm³/mol. The summed E-state index contributed by atoms with van der Waals surface area (Å²) in [7, 11) is 0. The molecule has 0 radical (unpaired) electrons. The van der Waals surface area contributed by atoms with Crippen LogP contribution in [0, 0.1) is 0 Å². The SMILES string of the molecule is CCOC(=O)C[C@@H]1/C(=C\c2ccco2)C(=O)Oc2ccc3ccccc3c21. The van der Waals surface area contributed by atoms with Crippen molar-refractivity contribution in [1.82, 2.24) is 0 Å². The van der Waals surface area contributed by atoms with Gasteiger partial charge in [-0.05, 0) is 42.0 Å². The lowest BCUT2D eigenvalue weighted by Crippen LogP contribution is -2.26. The summed E-state index contributed by atoms with van der Waals surface area (Å²) >= 11 is 0. The van der Waals surface area contributed by atoms with E-state index < -0.39 is 11.9 Å². The summed E-state index contributed by atoms with van der Waals surface area (Å²) in [5.74, 6) is -0.314. The normalized spacial score (nSPS) is 17.6. The van der Waals surface area contributed by atoms with Crippen molar-refractivity contribution >= 4 is 28.8 Å². The molecule has 2 heterocycles. The predicted octanol–water partition coefficient (Wildman–Crippen LogP) is 4.47. The van der Waals surface area contributed by atoms with Crippen molar-refractivity contribution in [3.63, 3.8) is 0 Å². The van der Waals surface area contributed by atoms with Gasteiger partial charge in [0, 0.05) is 17.1 Å². The lowest BCUT2D eigenvalue weighted by molar-refractivity contribution is -0.143. The molecule has 0 bridgehead atoms. The highest BCUT2D eigenvalue weighted by Crippen LogP contribution is 2.44. The quantitative estimate of drug-likeness (QED) is 0.389. The van der Waals surface area contributed by atoms with Crippen LogP contribution in [-0.4, -0.2) is 18.5 Å². The number of benzene rings is 2. The van der Waals surface area contributed by atoms with Gasteiger partial charge in [0.15, 0.2) is 0 Å². The van der Waals surface area contributed by atoms with Gasteiger partial charge in [-0.3, -0.25) is 4.79 Å². The molecule has 27 heavy (non-hydrogen) atoms. The fourth-order valence-corrected chi connectivity index (χ4v) is 3.47. The topological polar surface area (TPSA) is 65.7 Å². The van der Waals surface area contributed by atoms with Crippen LogP contribution in [-0.2, 0) is 14.3 Å². The van der Waals surface area contributed by atoms with Gasteiger partial charge in [-0.15, -0.1) is 0 Å². The van der Waals surface area contributed by atoms with Gasteiger partial charge in [0.2, 0.25) is 0 Å². The molecule has 0 saturated heterocycles. The highest BCUT2D eigenvalue weighted by atomic mass is 16.5. The molecule has 5 nitrogen and oxygen atoms in total. The second kappa shape index (κ2) is 7.11. The number of carbonyl (C=O) groups excluding carboxylic acids is 2. The number of hydrogen-bond donors (Lipinski definition) is 0. The molecule has 0 aliphatic carbocycles. The van der Waals surface area contributed by atoms with E-state index in [0.717, 1.165) is 16.3 Å². The van der Waals surface area contributed by atoms with Crippen LogP contribution in [0.5, 0.6) is 5.75 Å². The summed E-state index contributed by atoms with van der Waals surface area (Å²) in [6.07, 6.45) is 3.22. The summed E-state index contributed by atoms with van der Waals surface area (Å²) in [5, 5.41) is 1.96. The second-order valence-corrected chi connectivity index (χ2v) is 6.26. The highest BCUT2D eigenvalue weighted by molar-refractivity contribution is 6.02. The molecule has 4 rings (SSSR count). The number of hydrogen-bond acceptors (Lipinski definition) is 5. The number of ether oxygens (including phenoxy) is 2. The van der Waals surface area contributed by atoms with Crippen LogP contribution in [0.3, 0.4) is 0 Å². The average molecular weight is 362 g/mol. The summed E-state index contributed by atoms with van der Waals surface area (Å²) in [5.41, 5.74) is 1.19. The van der Waals surface area contributed by atoms with Crippen LogP contribution < -0.4 is 4.74 Å². The van der Waals surface area contributed by atoms with Crippen molar-refractivity contribution in [3.8, 4) is 5.75 Å². The molecule has 0 unspecified atom stereocenters. The fraction of sp³-hybridized carbons (Fsp3) is 0.182. The Bertz CT molecular complexity index is 1030. The number of furan rings is 1. The average Bonchev–Trinajstić information content (AvgIpc) is 3.17. The third-order valence-electron chi connectivity index (χ3n) is 4.61. The molecule has 1 aliphatic rings. The molecular weight excluding hydrogens is 344 g/mol. The van der Waals surface area contributed by atoms with Crippen molar-refractivity contribution in [2.24, 2.45) is 0 Å². The van der Waals surface area contributed by atoms with Crippen molar-refractivity contribution in [2.75, 3.05) is 6.61 Å². The first-order chi connectivity index (χ1) is 13.2. The maximum Gasteiger partial charge on any atom is 0.340 e. The Morgan fingerprint density at radius 1 is 1.15 bits per heavy atom. The summed E-state index contributed by atoms with van der Waals surface area (Å²) < 4.78 is 16.1. The summed E-state index contributed by atoms with van der Waals surface area (Å²) in [6, 6.07) is 15.0. The molecule has 1 atom stereocenters. The van der Waals surface area contributed by atoms with Crippen molar-refractivity contribution in [1.29, 1.82) is 0 Å². The minimum atomic E-state index is -0.483. The van der Waals surface area contributed by atoms with Gasteiger partial charge in [0.1, 0.15) is 11.5 Å². The zero-order valence-electron chi connectivity index (χ0n) is 14.8. The number of carbonyl (C=O) groups is 2. The molecular formula is C22H18O5. The minimum Gasteiger partial charge on any atom is -0.466 e. The molecule has 136 valence electrons. The van der Waals surface area contributed by atoms with E-state index in [4.69, 9.17) is 13.9 Å². The molecule has 0 fully saturated rings. The molecule has 0 amide bonds. The van der Waals surface area contributed by atoms with E-state index in [1.165, 1.54) is 6.26 Å². The molecule has 5 heteroatoms. The third kappa shape index (κ3) is 3.24. The van der Waals surface area contributed by atoms with E-state index in [1.807, 2.05) is 30.3 Å². The Kier molecular flexibility index (Phi) is 4.50. The van der Waals surface area contributed by atoms with Gasteiger partial charge in [0.05, 0.1) is 19.3 Å². The van der Waals surface area contributed by atoms with Crippen molar-refractivity contribution in [3.05, 3.63) is 71.7 Å². The van der Waals surface area contributed by atoms with Crippen molar-refractivity contribution in [2.45, 2.75) is 19.3 Å². The first-order valence-corrected chi connectivity index (χ1v) is 8.82. The Labute approximate surface area is 156 Å². The molecule has 0 spiro atoms.